The zero-order chi connectivity index (χ0) is 28.1. The summed E-state index contributed by atoms with van der Waals surface area (Å²) < 4.78 is 0. The van der Waals surface area contributed by atoms with Gasteiger partial charge in [0.2, 0.25) is 11.7 Å². The van der Waals surface area contributed by atoms with Gasteiger partial charge in [-0.25, -0.2) is 9.78 Å². The van der Waals surface area contributed by atoms with Crippen molar-refractivity contribution in [2.24, 2.45) is 0 Å². The van der Waals surface area contributed by atoms with Crippen LogP contribution in [-0.2, 0) is 11.2 Å². The number of amides is 2. The summed E-state index contributed by atoms with van der Waals surface area (Å²) in [5.41, 5.74) is 2.98. The largest absolute Gasteiger partial charge is 0.493 e. The summed E-state index contributed by atoms with van der Waals surface area (Å²) in [4.78, 5) is 48.6. The third kappa shape index (κ3) is 5.65. The molecule has 3 aromatic carbocycles. The number of carboxylic acids is 1. The van der Waals surface area contributed by atoms with E-state index in [0.717, 1.165) is 28.2 Å². The zero-order valence-corrected chi connectivity index (χ0v) is 21.1. The second-order valence-electron chi connectivity index (χ2n) is 9.09. The number of hydrogen-bond donors (Lipinski definition) is 5. The maximum atomic E-state index is 13.1. The van der Waals surface area contributed by atoms with Crippen molar-refractivity contribution in [1.29, 1.82) is 0 Å². The van der Waals surface area contributed by atoms with E-state index >= 15 is 0 Å². The molecule has 2 aromatic heterocycles. The molecule has 10 nitrogen and oxygen atoms in total. The predicted octanol–water partition coefficient (Wildman–Crippen LogP) is 3.61. The molecule has 0 spiro atoms. The number of carboxylic acid groups (broad SMARTS) is 1. The quantitative estimate of drug-likeness (QED) is 0.193. The number of benzene rings is 3. The van der Waals surface area contributed by atoms with Crippen molar-refractivity contribution < 1.29 is 24.6 Å². The lowest BCUT2D eigenvalue weighted by molar-refractivity contribution is -0.139. The van der Waals surface area contributed by atoms with E-state index in [1.165, 1.54) is 0 Å². The van der Waals surface area contributed by atoms with Crippen molar-refractivity contribution in [2.75, 3.05) is 0 Å². The topological polar surface area (TPSA) is 157 Å². The molecule has 1 atom stereocenters. The van der Waals surface area contributed by atoms with Crippen LogP contribution >= 0.6 is 0 Å². The van der Waals surface area contributed by atoms with E-state index in [9.17, 15) is 24.6 Å². The van der Waals surface area contributed by atoms with Crippen LogP contribution in [0.25, 0.3) is 10.9 Å². The van der Waals surface area contributed by atoms with E-state index < -0.39 is 41.6 Å². The fraction of sp³-hybridized carbons (Fsp3) is 0.100. The SMILES string of the molecule is O=C(N[C@@H](Cc1c[nH]c2ccccc12)C(=O)O)c1ncc(C(=O)NC(c2ccccc2)c2ccccc2)c(O)n1. The Hall–Kier alpha value is -5.51. The molecule has 2 heterocycles. The molecule has 0 saturated carbocycles. The van der Waals surface area contributed by atoms with Gasteiger partial charge in [-0.1, -0.05) is 78.9 Å². The van der Waals surface area contributed by atoms with Gasteiger partial charge in [0.25, 0.3) is 11.8 Å². The van der Waals surface area contributed by atoms with Crippen molar-refractivity contribution >= 4 is 28.7 Å². The number of aromatic amines is 1. The third-order valence-electron chi connectivity index (χ3n) is 6.46. The molecular weight excluding hydrogens is 510 g/mol. The summed E-state index contributed by atoms with van der Waals surface area (Å²) in [6.45, 7) is 0. The lowest BCUT2D eigenvalue weighted by Crippen LogP contribution is -2.43. The van der Waals surface area contributed by atoms with Crippen LogP contribution in [-0.4, -0.2) is 49.0 Å². The second-order valence-corrected chi connectivity index (χ2v) is 9.09. The molecule has 5 aromatic rings. The summed E-state index contributed by atoms with van der Waals surface area (Å²) in [6, 6.07) is 24.3. The molecule has 0 unspecified atom stereocenters. The zero-order valence-electron chi connectivity index (χ0n) is 21.1. The standard InChI is InChI=1S/C30H25N5O5/c36-27(34-25(18-9-3-1-4-10-18)19-11-5-2-6-12-19)22-17-32-26(35-28(22)37)29(38)33-24(30(39)40)15-20-16-31-23-14-8-7-13-21(20)23/h1-14,16-17,24-25,31H,15H2,(H,33,38)(H,34,36)(H,39,40)(H,32,35,37)/t24-/m0/s1. The van der Waals surface area contributed by atoms with Gasteiger partial charge in [0.15, 0.2) is 0 Å². The minimum Gasteiger partial charge on any atom is -0.493 e. The smallest absolute Gasteiger partial charge is 0.326 e. The van der Waals surface area contributed by atoms with E-state index in [0.29, 0.717) is 5.56 Å². The average Bonchev–Trinajstić information content (AvgIpc) is 3.39. The Morgan fingerprint density at radius 2 is 1.45 bits per heavy atom. The number of rotatable bonds is 9. The van der Waals surface area contributed by atoms with Gasteiger partial charge in [0.05, 0.1) is 6.04 Å². The van der Waals surface area contributed by atoms with Crippen LogP contribution in [0.1, 0.15) is 43.7 Å². The summed E-state index contributed by atoms with van der Waals surface area (Å²) in [5.74, 6) is -3.97. The van der Waals surface area contributed by atoms with Crippen molar-refractivity contribution in [3.05, 3.63) is 125 Å². The molecule has 0 aliphatic heterocycles. The maximum Gasteiger partial charge on any atom is 0.326 e. The number of H-pyrrole nitrogens is 1. The first-order chi connectivity index (χ1) is 19.4. The summed E-state index contributed by atoms with van der Waals surface area (Å²) >= 11 is 0. The number of nitrogens with zero attached hydrogens (tertiary/aromatic N) is 2. The number of aliphatic carboxylic acids is 1. The molecule has 2 amide bonds. The molecule has 40 heavy (non-hydrogen) atoms. The van der Waals surface area contributed by atoms with Crippen molar-refractivity contribution in [2.45, 2.75) is 18.5 Å². The Balaban J connectivity index is 1.32. The molecule has 0 bridgehead atoms. The monoisotopic (exact) mass is 535 g/mol. The minimum absolute atomic E-state index is 0.0118. The van der Waals surface area contributed by atoms with Crippen LogP contribution in [0.2, 0.25) is 0 Å². The molecule has 10 heteroatoms. The fourth-order valence-corrected chi connectivity index (χ4v) is 4.44. The Morgan fingerprint density at radius 1 is 0.825 bits per heavy atom. The highest BCUT2D eigenvalue weighted by Gasteiger charge is 2.26. The Bertz CT molecular complexity index is 1630. The highest BCUT2D eigenvalue weighted by molar-refractivity contribution is 5.98. The molecule has 0 saturated heterocycles. The molecule has 0 fully saturated rings. The van der Waals surface area contributed by atoms with Crippen LogP contribution < -0.4 is 10.6 Å². The highest BCUT2D eigenvalue weighted by atomic mass is 16.4. The maximum absolute atomic E-state index is 13.1. The normalized spacial score (nSPS) is 11.7. The number of carbonyl (C=O) groups excluding carboxylic acids is 2. The van der Waals surface area contributed by atoms with Gasteiger partial charge in [-0.3, -0.25) is 9.59 Å². The average molecular weight is 536 g/mol. The van der Waals surface area contributed by atoms with Gasteiger partial charge in [0.1, 0.15) is 11.6 Å². The van der Waals surface area contributed by atoms with Gasteiger partial charge < -0.3 is 25.8 Å². The van der Waals surface area contributed by atoms with E-state index in [1.54, 1.807) is 6.20 Å². The van der Waals surface area contributed by atoms with Crippen LogP contribution in [0.3, 0.4) is 0 Å². The molecular formula is C30H25N5O5. The molecule has 0 aliphatic carbocycles. The molecule has 5 rings (SSSR count). The number of aromatic nitrogens is 3. The Morgan fingerprint density at radius 3 is 2.08 bits per heavy atom. The number of fused-ring (bicyclic) bond motifs is 1. The summed E-state index contributed by atoms with van der Waals surface area (Å²) in [6.07, 6.45) is 2.74. The fourth-order valence-electron chi connectivity index (χ4n) is 4.44. The minimum atomic E-state index is -1.28. The van der Waals surface area contributed by atoms with E-state index in [2.05, 4.69) is 25.6 Å². The Labute approximate surface area is 228 Å². The Kier molecular flexibility index (Phi) is 7.49. The third-order valence-corrected chi connectivity index (χ3v) is 6.46. The number of aromatic hydroxyl groups is 1. The van der Waals surface area contributed by atoms with Crippen molar-refractivity contribution in [3.63, 3.8) is 0 Å². The van der Waals surface area contributed by atoms with Crippen LogP contribution in [0.15, 0.2) is 97.3 Å². The first kappa shape index (κ1) is 26.1. The van der Waals surface area contributed by atoms with Gasteiger partial charge in [-0.2, -0.15) is 4.98 Å². The first-order valence-corrected chi connectivity index (χ1v) is 12.5. The molecule has 0 aliphatic rings. The van der Waals surface area contributed by atoms with Gasteiger partial charge in [-0.15, -0.1) is 0 Å². The molecule has 5 N–H and O–H groups in total. The van der Waals surface area contributed by atoms with E-state index in [4.69, 9.17) is 0 Å². The van der Waals surface area contributed by atoms with Crippen LogP contribution in [0, 0.1) is 0 Å². The highest BCUT2D eigenvalue weighted by Crippen LogP contribution is 2.24. The number of carbonyl (C=O) groups is 3. The summed E-state index contributed by atoms with van der Waals surface area (Å²) in [5, 5.41) is 26.4. The first-order valence-electron chi connectivity index (χ1n) is 12.5. The van der Waals surface area contributed by atoms with E-state index in [1.807, 2.05) is 84.9 Å². The number of nitrogens with one attached hydrogen (secondary N) is 3. The van der Waals surface area contributed by atoms with Crippen molar-refractivity contribution in [1.82, 2.24) is 25.6 Å². The van der Waals surface area contributed by atoms with Crippen LogP contribution in [0.4, 0.5) is 0 Å². The second kappa shape index (κ2) is 11.5. The van der Waals surface area contributed by atoms with Gasteiger partial charge >= 0.3 is 5.97 Å². The van der Waals surface area contributed by atoms with Crippen molar-refractivity contribution in [3.8, 4) is 5.88 Å². The number of hydrogen-bond acceptors (Lipinski definition) is 6. The lowest BCUT2D eigenvalue weighted by atomic mass is 9.98. The summed E-state index contributed by atoms with van der Waals surface area (Å²) in [7, 11) is 0. The van der Waals surface area contributed by atoms with Crippen LogP contribution in [0.5, 0.6) is 5.88 Å². The number of para-hydroxylation sites is 1. The molecule has 0 radical (unpaired) electrons. The van der Waals surface area contributed by atoms with Gasteiger partial charge in [0, 0.05) is 29.7 Å². The molecule has 200 valence electrons. The van der Waals surface area contributed by atoms with E-state index in [-0.39, 0.29) is 12.0 Å². The predicted molar refractivity (Wildman–Crippen MR) is 147 cm³/mol. The van der Waals surface area contributed by atoms with Gasteiger partial charge in [-0.05, 0) is 22.8 Å². The lowest BCUT2D eigenvalue weighted by Gasteiger charge is -2.20.